The van der Waals surface area contributed by atoms with Gasteiger partial charge >= 0.3 is 0 Å². The molecule has 0 aromatic heterocycles. The van der Waals surface area contributed by atoms with Gasteiger partial charge in [-0.3, -0.25) is 4.79 Å². The Balaban J connectivity index is 2.11. The fourth-order valence-electron chi connectivity index (χ4n) is 1.80. The van der Waals surface area contributed by atoms with Crippen LogP contribution in [0.5, 0.6) is 0 Å². The molecule has 1 fully saturated rings. The average molecular weight is 234 g/mol. The summed E-state index contributed by atoms with van der Waals surface area (Å²) >= 11 is 5.59. The maximum absolute atomic E-state index is 11.5. The van der Waals surface area contributed by atoms with Crippen molar-refractivity contribution >= 4 is 17.5 Å². The number of nitrogens with one attached hydrogen (secondary N) is 1. The molecule has 1 aliphatic heterocycles. The summed E-state index contributed by atoms with van der Waals surface area (Å²) in [6.45, 7) is 2.82. The van der Waals surface area contributed by atoms with Crippen LogP contribution in [-0.2, 0) is 9.53 Å². The van der Waals surface area contributed by atoms with Crippen LogP contribution in [0.15, 0.2) is 0 Å². The first kappa shape index (κ1) is 12.8. The molecule has 0 radical (unpaired) electrons. The van der Waals surface area contributed by atoms with Crippen molar-refractivity contribution in [2.45, 2.75) is 51.2 Å². The van der Waals surface area contributed by atoms with Crippen LogP contribution in [0, 0.1) is 0 Å². The maximum Gasteiger partial charge on any atom is 0.222 e. The molecule has 1 rings (SSSR count). The Hall–Kier alpha value is -0.280. The van der Waals surface area contributed by atoms with Crippen molar-refractivity contribution in [3.63, 3.8) is 0 Å². The lowest BCUT2D eigenvalue weighted by Gasteiger charge is -2.15. The third-order valence-electron chi connectivity index (χ3n) is 2.62. The second kappa shape index (κ2) is 7.07. The molecule has 1 heterocycles. The van der Waals surface area contributed by atoms with Gasteiger partial charge in [0.25, 0.3) is 0 Å². The SMILES string of the molecule is CC(CCCCl)NC(=O)CC1CCCO1. The highest BCUT2D eigenvalue weighted by Crippen LogP contribution is 2.15. The number of carbonyl (C=O) groups is 1. The van der Waals surface area contributed by atoms with E-state index >= 15 is 0 Å². The molecule has 0 spiro atoms. The van der Waals surface area contributed by atoms with Crippen molar-refractivity contribution < 1.29 is 9.53 Å². The molecule has 15 heavy (non-hydrogen) atoms. The van der Waals surface area contributed by atoms with Gasteiger partial charge in [0, 0.05) is 18.5 Å². The van der Waals surface area contributed by atoms with Gasteiger partial charge in [0.05, 0.1) is 12.5 Å². The summed E-state index contributed by atoms with van der Waals surface area (Å²) in [6.07, 6.45) is 4.64. The Morgan fingerprint density at radius 1 is 1.67 bits per heavy atom. The van der Waals surface area contributed by atoms with Gasteiger partial charge in [-0.15, -0.1) is 11.6 Å². The second-order valence-corrected chi connectivity index (χ2v) is 4.52. The first-order valence-corrected chi connectivity index (χ1v) is 6.22. The molecule has 0 aromatic carbocycles. The van der Waals surface area contributed by atoms with Crippen molar-refractivity contribution in [1.29, 1.82) is 0 Å². The van der Waals surface area contributed by atoms with Gasteiger partial charge in [0.1, 0.15) is 0 Å². The summed E-state index contributed by atoms with van der Waals surface area (Å²) in [5.41, 5.74) is 0. The van der Waals surface area contributed by atoms with E-state index in [4.69, 9.17) is 16.3 Å². The fourth-order valence-corrected chi connectivity index (χ4v) is 1.96. The van der Waals surface area contributed by atoms with Crippen LogP contribution in [0.3, 0.4) is 0 Å². The van der Waals surface area contributed by atoms with Crippen molar-refractivity contribution in [2.75, 3.05) is 12.5 Å². The number of hydrogen-bond donors (Lipinski definition) is 1. The van der Waals surface area contributed by atoms with Gasteiger partial charge in [-0.25, -0.2) is 0 Å². The smallest absolute Gasteiger partial charge is 0.222 e. The molecule has 2 atom stereocenters. The lowest BCUT2D eigenvalue weighted by Crippen LogP contribution is -2.34. The molecule has 1 aliphatic rings. The minimum absolute atomic E-state index is 0.101. The summed E-state index contributed by atoms with van der Waals surface area (Å²) in [5, 5.41) is 2.96. The number of carbonyl (C=O) groups excluding carboxylic acids is 1. The third kappa shape index (κ3) is 5.38. The molecule has 3 nitrogen and oxygen atoms in total. The van der Waals surface area contributed by atoms with Crippen LogP contribution >= 0.6 is 11.6 Å². The molecule has 4 heteroatoms. The molecule has 0 aromatic rings. The number of hydrogen-bond acceptors (Lipinski definition) is 2. The van der Waals surface area contributed by atoms with Gasteiger partial charge in [0.15, 0.2) is 0 Å². The summed E-state index contributed by atoms with van der Waals surface area (Å²) < 4.78 is 5.40. The highest BCUT2D eigenvalue weighted by Gasteiger charge is 2.19. The van der Waals surface area contributed by atoms with E-state index in [0.29, 0.717) is 12.3 Å². The number of rotatable bonds is 6. The van der Waals surface area contributed by atoms with E-state index in [1.54, 1.807) is 0 Å². The minimum atomic E-state index is 0.101. The molecular weight excluding hydrogens is 214 g/mol. The van der Waals surface area contributed by atoms with Crippen molar-refractivity contribution in [2.24, 2.45) is 0 Å². The van der Waals surface area contributed by atoms with E-state index in [2.05, 4.69) is 5.32 Å². The van der Waals surface area contributed by atoms with Gasteiger partial charge in [0.2, 0.25) is 5.91 Å². The Kier molecular flexibility index (Phi) is 6.03. The molecule has 0 aliphatic carbocycles. The van der Waals surface area contributed by atoms with Gasteiger partial charge < -0.3 is 10.1 Å². The quantitative estimate of drug-likeness (QED) is 0.714. The topological polar surface area (TPSA) is 38.3 Å². The molecule has 0 saturated carbocycles. The molecule has 1 saturated heterocycles. The average Bonchev–Trinajstić information content (AvgIpc) is 2.67. The lowest BCUT2D eigenvalue weighted by molar-refractivity contribution is -0.123. The highest BCUT2D eigenvalue weighted by atomic mass is 35.5. The number of amides is 1. The fraction of sp³-hybridized carbons (Fsp3) is 0.909. The van der Waals surface area contributed by atoms with Crippen molar-refractivity contribution in [1.82, 2.24) is 5.32 Å². The number of alkyl halides is 1. The predicted octanol–water partition coefficient (Wildman–Crippen LogP) is 2.08. The molecule has 1 N–H and O–H groups in total. The Morgan fingerprint density at radius 2 is 2.47 bits per heavy atom. The van der Waals surface area contributed by atoms with Crippen molar-refractivity contribution in [3.05, 3.63) is 0 Å². The summed E-state index contributed by atoms with van der Waals surface area (Å²) in [5.74, 6) is 0.760. The first-order valence-electron chi connectivity index (χ1n) is 5.69. The van der Waals surface area contributed by atoms with Crippen LogP contribution < -0.4 is 5.32 Å². The second-order valence-electron chi connectivity index (χ2n) is 4.14. The van der Waals surface area contributed by atoms with E-state index in [1.807, 2.05) is 6.92 Å². The predicted molar refractivity (Wildman–Crippen MR) is 61.1 cm³/mol. The molecular formula is C11H20ClNO2. The van der Waals surface area contributed by atoms with E-state index in [9.17, 15) is 4.79 Å². The maximum atomic E-state index is 11.5. The summed E-state index contributed by atoms with van der Waals surface area (Å²) in [6, 6.07) is 0.220. The first-order chi connectivity index (χ1) is 7.22. The van der Waals surface area contributed by atoms with E-state index in [-0.39, 0.29) is 18.1 Å². The zero-order valence-corrected chi connectivity index (χ0v) is 10.1. The van der Waals surface area contributed by atoms with E-state index in [0.717, 1.165) is 32.3 Å². The lowest BCUT2D eigenvalue weighted by atomic mass is 10.1. The van der Waals surface area contributed by atoms with Gasteiger partial charge in [-0.1, -0.05) is 0 Å². The van der Waals surface area contributed by atoms with E-state index < -0.39 is 0 Å². The largest absolute Gasteiger partial charge is 0.378 e. The van der Waals surface area contributed by atoms with Crippen LogP contribution in [0.25, 0.3) is 0 Å². The Bertz CT molecular complexity index is 193. The van der Waals surface area contributed by atoms with Gasteiger partial charge in [-0.05, 0) is 32.6 Å². The minimum Gasteiger partial charge on any atom is -0.378 e. The highest BCUT2D eigenvalue weighted by molar-refractivity contribution is 6.17. The standard InChI is InChI=1S/C11H20ClNO2/c1-9(4-2-6-12)13-11(14)8-10-5-3-7-15-10/h9-10H,2-8H2,1H3,(H,13,14). The normalized spacial score (nSPS) is 22.7. The number of halogens is 1. The van der Waals surface area contributed by atoms with Crippen molar-refractivity contribution in [3.8, 4) is 0 Å². The summed E-state index contributed by atoms with van der Waals surface area (Å²) in [4.78, 5) is 11.5. The van der Waals surface area contributed by atoms with Gasteiger partial charge in [-0.2, -0.15) is 0 Å². The number of ether oxygens (including phenoxy) is 1. The van der Waals surface area contributed by atoms with Crippen LogP contribution in [0.2, 0.25) is 0 Å². The molecule has 1 amide bonds. The van der Waals surface area contributed by atoms with Crippen LogP contribution in [0.1, 0.15) is 39.0 Å². The third-order valence-corrected chi connectivity index (χ3v) is 2.88. The molecule has 88 valence electrons. The Morgan fingerprint density at radius 3 is 3.07 bits per heavy atom. The Labute approximate surface area is 96.5 Å². The van der Waals surface area contributed by atoms with Crippen LogP contribution in [-0.4, -0.2) is 30.5 Å². The zero-order valence-electron chi connectivity index (χ0n) is 9.30. The molecule has 2 unspecified atom stereocenters. The zero-order chi connectivity index (χ0) is 11.1. The van der Waals surface area contributed by atoms with E-state index in [1.165, 1.54) is 0 Å². The monoisotopic (exact) mass is 233 g/mol. The summed E-state index contributed by atoms with van der Waals surface area (Å²) in [7, 11) is 0. The molecule has 0 bridgehead atoms. The van der Waals surface area contributed by atoms with Crippen LogP contribution in [0.4, 0.5) is 0 Å².